The van der Waals surface area contributed by atoms with Crippen molar-refractivity contribution in [2.24, 2.45) is 17.8 Å². The van der Waals surface area contributed by atoms with Gasteiger partial charge in [-0.05, 0) is 37.0 Å². The number of ether oxygens (including phenoxy) is 3. The predicted octanol–water partition coefficient (Wildman–Crippen LogP) is 16.8. The topological polar surface area (TPSA) is 78.9 Å². The lowest BCUT2D eigenvalue weighted by molar-refractivity contribution is -0.167. The van der Waals surface area contributed by atoms with Crippen LogP contribution in [0.25, 0.3) is 0 Å². The normalized spacial score (nSPS) is 12.2. The van der Waals surface area contributed by atoms with Gasteiger partial charge in [-0.25, -0.2) is 0 Å². The Labute approximate surface area is 368 Å². The van der Waals surface area contributed by atoms with E-state index in [2.05, 4.69) is 41.5 Å². The Bertz CT molecular complexity index is 914. The number of carbonyl (C=O) groups excluding carboxylic acids is 3. The fraction of sp³-hybridized carbons (Fsp3) is 0.943. The summed E-state index contributed by atoms with van der Waals surface area (Å²) < 4.78 is 16.8. The lowest BCUT2D eigenvalue weighted by Crippen LogP contribution is -2.30. The van der Waals surface area contributed by atoms with Crippen molar-refractivity contribution in [2.75, 3.05) is 13.2 Å². The third kappa shape index (κ3) is 47.3. The maximum absolute atomic E-state index is 12.8. The molecule has 59 heavy (non-hydrogen) atoms. The lowest BCUT2D eigenvalue weighted by atomic mass is 10.0. The zero-order valence-corrected chi connectivity index (χ0v) is 40.5. The van der Waals surface area contributed by atoms with Crippen molar-refractivity contribution in [1.29, 1.82) is 0 Å². The first-order valence-electron chi connectivity index (χ1n) is 26.1. The van der Waals surface area contributed by atoms with Gasteiger partial charge in [0, 0.05) is 19.3 Å². The van der Waals surface area contributed by atoms with Crippen LogP contribution in [0.4, 0.5) is 0 Å². The molecule has 0 aromatic rings. The molecule has 6 heteroatoms. The van der Waals surface area contributed by atoms with Crippen LogP contribution >= 0.6 is 0 Å². The van der Waals surface area contributed by atoms with E-state index in [9.17, 15) is 14.4 Å². The minimum atomic E-state index is -0.763. The molecule has 0 fully saturated rings. The van der Waals surface area contributed by atoms with Gasteiger partial charge in [0.25, 0.3) is 0 Å². The molecule has 0 aliphatic carbocycles. The fourth-order valence-electron chi connectivity index (χ4n) is 7.94. The smallest absolute Gasteiger partial charge is 0.306 e. The van der Waals surface area contributed by atoms with Crippen LogP contribution in [0, 0.1) is 17.8 Å². The van der Waals surface area contributed by atoms with E-state index in [1.807, 2.05) is 0 Å². The second-order valence-corrected chi connectivity index (χ2v) is 19.6. The largest absolute Gasteiger partial charge is 0.462 e. The van der Waals surface area contributed by atoms with E-state index < -0.39 is 6.10 Å². The second-order valence-electron chi connectivity index (χ2n) is 19.6. The summed E-state index contributed by atoms with van der Waals surface area (Å²) in [5.74, 6) is 1.61. The fourth-order valence-corrected chi connectivity index (χ4v) is 7.94. The molecule has 0 radical (unpaired) electrons. The Morgan fingerprint density at radius 2 is 0.492 bits per heavy atom. The Morgan fingerprint density at radius 3 is 0.729 bits per heavy atom. The highest BCUT2D eigenvalue weighted by Gasteiger charge is 2.19. The monoisotopic (exact) mass is 835 g/mol. The van der Waals surface area contributed by atoms with E-state index in [1.54, 1.807) is 0 Å². The molecule has 0 saturated carbocycles. The third-order valence-electron chi connectivity index (χ3n) is 11.9. The molecule has 6 nitrogen and oxygen atoms in total. The molecule has 0 amide bonds. The summed E-state index contributed by atoms with van der Waals surface area (Å²) in [6, 6.07) is 0. The molecule has 0 aliphatic rings. The summed E-state index contributed by atoms with van der Waals surface area (Å²) in [6.45, 7) is 13.7. The van der Waals surface area contributed by atoms with Gasteiger partial charge in [0.05, 0.1) is 0 Å². The third-order valence-corrected chi connectivity index (χ3v) is 11.9. The zero-order chi connectivity index (χ0) is 43.4. The van der Waals surface area contributed by atoms with Crippen molar-refractivity contribution in [3.8, 4) is 0 Å². The minimum absolute atomic E-state index is 0.0647. The summed E-state index contributed by atoms with van der Waals surface area (Å²) >= 11 is 0. The molecule has 0 rings (SSSR count). The number of rotatable bonds is 46. The highest BCUT2D eigenvalue weighted by Crippen LogP contribution is 2.18. The van der Waals surface area contributed by atoms with E-state index >= 15 is 0 Å². The summed E-state index contributed by atoms with van der Waals surface area (Å²) in [5.41, 5.74) is 0. The molecule has 350 valence electrons. The van der Waals surface area contributed by atoms with Crippen LogP contribution in [0.5, 0.6) is 0 Å². The maximum atomic E-state index is 12.8. The standard InChI is InChI=1S/C53H102O6/c1-47(2)39-33-27-21-15-10-7-8-12-18-24-30-36-42-51(54)57-45-50(46-58-52(55)43-37-31-25-20-14-17-23-29-35-41-49(5)6)59-53(56)44-38-32-26-19-13-9-11-16-22-28-34-40-48(3)4/h47-50H,7-46H2,1-6H3/t50-/m0/s1. The molecule has 0 unspecified atom stereocenters. The Morgan fingerprint density at radius 1 is 0.288 bits per heavy atom. The van der Waals surface area contributed by atoms with Crippen LogP contribution in [0.2, 0.25) is 0 Å². The minimum Gasteiger partial charge on any atom is -0.462 e. The van der Waals surface area contributed by atoms with Gasteiger partial charge in [-0.3, -0.25) is 14.4 Å². The summed E-state index contributed by atoms with van der Waals surface area (Å²) in [6.07, 6.45) is 43.8. The molecule has 0 aromatic carbocycles. The molecule has 0 aromatic heterocycles. The van der Waals surface area contributed by atoms with Crippen LogP contribution in [-0.4, -0.2) is 37.2 Å². The van der Waals surface area contributed by atoms with Crippen molar-refractivity contribution >= 4 is 17.9 Å². The van der Waals surface area contributed by atoms with Gasteiger partial charge < -0.3 is 14.2 Å². The van der Waals surface area contributed by atoms with E-state index in [0.717, 1.165) is 75.5 Å². The van der Waals surface area contributed by atoms with Gasteiger partial charge >= 0.3 is 17.9 Å². The van der Waals surface area contributed by atoms with Crippen LogP contribution in [0.15, 0.2) is 0 Å². The van der Waals surface area contributed by atoms with E-state index in [0.29, 0.717) is 19.3 Å². The van der Waals surface area contributed by atoms with Crippen molar-refractivity contribution < 1.29 is 28.6 Å². The highest BCUT2D eigenvalue weighted by atomic mass is 16.6. The molecular weight excluding hydrogens is 733 g/mol. The van der Waals surface area contributed by atoms with Crippen LogP contribution in [0.3, 0.4) is 0 Å². The lowest BCUT2D eigenvalue weighted by Gasteiger charge is -2.18. The zero-order valence-electron chi connectivity index (χ0n) is 40.5. The first-order chi connectivity index (χ1) is 28.6. The van der Waals surface area contributed by atoms with Gasteiger partial charge in [-0.15, -0.1) is 0 Å². The van der Waals surface area contributed by atoms with Gasteiger partial charge in [0.2, 0.25) is 0 Å². The van der Waals surface area contributed by atoms with Crippen molar-refractivity contribution in [3.05, 3.63) is 0 Å². The molecule has 1 atom stereocenters. The number of hydrogen-bond donors (Lipinski definition) is 0. The van der Waals surface area contributed by atoms with Crippen LogP contribution < -0.4 is 0 Å². The Hall–Kier alpha value is -1.59. The Kier molecular flexibility index (Phi) is 43.3. The Balaban J connectivity index is 4.32. The molecule has 0 heterocycles. The van der Waals surface area contributed by atoms with Crippen LogP contribution in [0.1, 0.15) is 286 Å². The van der Waals surface area contributed by atoms with Crippen molar-refractivity contribution in [3.63, 3.8) is 0 Å². The predicted molar refractivity (Wildman–Crippen MR) is 252 cm³/mol. The van der Waals surface area contributed by atoms with Gasteiger partial charge in [0.15, 0.2) is 6.10 Å². The van der Waals surface area contributed by atoms with E-state index in [1.165, 1.54) is 167 Å². The highest BCUT2D eigenvalue weighted by molar-refractivity contribution is 5.71. The van der Waals surface area contributed by atoms with Gasteiger partial charge in [-0.1, -0.05) is 247 Å². The summed E-state index contributed by atoms with van der Waals surface area (Å²) in [5, 5.41) is 0. The van der Waals surface area contributed by atoms with Crippen molar-refractivity contribution in [2.45, 2.75) is 292 Å². The number of unbranched alkanes of at least 4 members (excludes halogenated alkanes) is 29. The van der Waals surface area contributed by atoms with Gasteiger partial charge in [-0.2, -0.15) is 0 Å². The van der Waals surface area contributed by atoms with E-state index in [-0.39, 0.29) is 31.1 Å². The molecule has 0 aliphatic heterocycles. The average molecular weight is 835 g/mol. The quantitative estimate of drug-likeness (QED) is 0.0345. The summed E-state index contributed by atoms with van der Waals surface area (Å²) in [4.78, 5) is 38.0. The number of esters is 3. The molecular formula is C53H102O6. The molecule has 0 spiro atoms. The second kappa shape index (κ2) is 44.5. The number of carbonyl (C=O) groups is 3. The first-order valence-corrected chi connectivity index (χ1v) is 26.1. The number of hydrogen-bond acceptors (Lipinski definition) is 6. The molecule has 0 bridgehead atoms. The summed E-state index contributed by atoms with van der Waals surface area (Å²) in [7, 11) is 0. The molecule has 0 saturated heterocycles. The maximum Gasteiger partial charge on any atom is 0.306 e. The van der Waals surface area contributed by atoms with E-state index in [4.69, 9.17) is 14.2 Å². The van der Waals surface area contributed by atoms with Crippen molar-refractivity contribution in [1.82, 2.24) is 0 Å². The average Bonchev–Trinajstić information content (AvgIpc) is 3.19. The van der Waals surface area contributed by atoms with Gasteiger partial charge in [0.1, 0.15) is 13.2 Å². The van der Waals surface area contributed by atoms with Crippen LogP contribution in [-0.2, 0) is 28.6 Å². The molecule has 0 N–H and O–H groups in total. The first kappa shape index (κ1) is 57.4. The SMILES string of the molecule is CC(C)CCCCCCCCCCCCCCC(=O)OC[C@@H](COC(=O)CCCCCCCCCCCC(C)C)OC(=O)CCCCCCCCCCCCCC(C)C.